The molecule has 0 atom stereocenters. The summed E-state index contributed by atoms with van der Waals surface area (Å²) in [5.41, 5.74) is 0.781. The zero-order chi connectivity index (χ0) is 16.1. The van der Waals surface area contributed by atoms with Crippen LogP contribution in [0.4, 0.5) is 11.4 Å². The smallest absolute Gasteiger partial charge is 0.271 e. The van der Waals surface area contributed by atoms with E-state index < -0.39 is 4.92 Å². The van der Waals surface area contributed by atoms with Crippen LogP contribution in [-0.4, -0.2) is 26.2 Å². The first-order valence-corrected chi connectivity index (χ1v) is 6.83. The highest BCUT2D eigenvalue weighted by atomic mass is 16.6. The number of nitriles is 1. The maximum atomic E-state index is 10.8. The lowest BCUT2D eigenvalue weighted by Gasteiger charge is -2.11. The number of hydrogen-bond donors (Lipinski definition) is 1. The molecule has 0 amide bonds. The molecule has 1 aromatic carbocycles. The Hall–Kier alpha value is -2.95. The summed E-state index contributed by atoms with van der Waals surface area (Å²) in [6, 6.07) is 6.15. The number of hydrogen-bond acceptors (Lipinski definition) is 6. The molecule has 2 aromatic rings. The zero-order valence-electron chi connectivity index (χ0n) is 12.4. The van der Waals surface area contributed by atoms with Crippen molar-refractivity contribution in [2.24, 2.45) is 0 Å². The normalized spacial score (nSPS) is 10.5. The summed E-state index contributed by atoms with van der Waals surface area (Å²) in [6.45, 7) is 5.17. The van der Waals surface area contributed by atoms with Gasteiger partial charge in [0.25, 0.3) is 5.69 Å². The minimum Gasteiger partial charge on any atom is -0.382 e. The number of anilines is 1. The van der Waals surface area contributed by atoms with Gasteiger partial charge in [-0.2, -0.15) is 5.26 Å². The van der Waals surface area contributed by atoms with E-state index in [-0.39, 0.29) is 11.6 Å². The topological polar surface area (TPSA) is 110 Å². The second-order valence-corrected chi connectivity index (χ2v) is 5.06. The number of aromatic nitrogens is 3. The molecule has 0 aliphatic rings. The number of benzene rings is 1. The van der Waals surface area contributed by atoms with Crippen molar-refractivity contribution in [2.45, 2.75) is 26.3 Å². The highest BCUT2D eigenvalue weighted by molar-refractivity contribution is 5.62. The first kappa shape index (κ1) is 15.4. The van der Waals surface area contributed by atoms with E-state index in [0.29, 0.717) is 24.3 Å². The van der Waals surface area contributed by atoms with Crippen LogP contribution in [0.5, 0.6) is 0 Å². The van der Waals surface area contributed by atoms with Crippen LogP contribution in [-0.2, 0) is 6.54 Å². The van der Waals surface area contributed by atoms with Crippen molar-refractivity contribution < 1.29 is 4.92 Å². The van der Waals surface area contributed by atoms with Crippen LogP contribution >= 0.6 is 0 Å². The van der Waals surface area contributed by atoms with Gasteiger partial charge in [0.05, 0.1) is 16.2 Å². The molecule has 1 heterocycles. The molecule has 8 nitrogen and oxygen atoms in total. The van der Waals surface area contributed by atoms with E-state index in [4.69, 9.17) is 5.26 Å². The minimum absolute atomic E-state index is 0.0475. The van der Waals surface area contributed by atoms with E-state index in [2.05, 4.69) is 15.5 Å². The Kier molecular flexibility index (Phi) is 4.68. The average molecular weight is 300 g/mol. The molecule has 0 bridgehead atoms. The first-order valence-electron chi connectivity index (χ1n) is 6.83. The summed E-state index contributed by atoms with van der Waals surface area (Å²) in [5, 5.41) is 30.9. The number of nitro benzene ring substituents is 1. The van der Waals surface area contributed by atoms with Crippen molar-refractivity contribution in [3.63, 3.8) is 0 Å². The maximum Gasteiger partial charge on any atom is 0.271 e. The molecule has 22 heavy (non-hydrogen) atoms. The monoisotopic (exact) mass is 300 g/mol. The van der Waals surface area contributed by atoms with Crippen molar-refractivity contribution in [3.05, 3.63) is 46.0 Å². The molecule has 0 saturated carbocycles. The summed E-state index contributed by atoms with van der Waals surface area (Å²) in [4.78, 5) is 10.3. The molecular weight excluding hydrogens is 284 g/mol. The van der Waals surface area contributed by atoms with Gasteiger partial charge >= 0.3 is 0 Å². The van der Waals surface area contributed by atoms with Crippen LogP contribution in [0.2, 0.25) is 0 Å². The molecule has 0 saturated heterocycles. The van der Waals surface area contributed by atoms with Gasteiger partial charge in [0, 0.05) is 31.1 Å². The Labute approximate surface area is 127 Å². The van der Waals surface area contributed by atoms with Crippen molar-refractivity contribution >= 4 is 11.4 Å². The predicted octanol–water partition coefficient (Wildman–Crippen LogP) is 2.29. The number of nitrogens with zero attached hydrogens (tertiary/aromatic N) is 5. The van der Waals surface area contributed by atoms with E-state index in [0.717, 1.165) is 5.82 Å². The third kappa shape index (κ3) is 3.38. The van der Waals surface area contributed by atoms with E-state index in [9.17, 15) is 10.1 Å². The van der Waals surface area contributed by atoms with Gasteiger partial charge < -0.3 is 9.88 Å². The molecule has 0 aliphatic heterocycles. The molecule has 0 aliphatic carbocycles. The Morgan fingerprint density at radius 1 is 1.50 bits per heavy atom. The zero-order valence-corrected chi connectivity index (χ0v) is 12.4. The summed E-state index contributed by atoms with van der Waals surface area (Å²) >= 11 is 0. The summed E-state index contributed by atoms with van der Waals surface area (Å²) < 4.78 is 1.92. The molecule has 0 spiro atoms. The third-order valence-electron chi connectivity index (χ3n) is 3.16. The van der Waals surface area contributed by atoms with E-state index in [1.165, 1.54) is 18.2 Å². The van der Waals surface area contributed by atoms with Crippen molar-refractivity contribution in [3.8, 4) is 6.07 Å². The van der Waals surface area contributed by atoms with Gasteiger partial charge in [-0.25, -0.2) is 0 Å². The Morgan fingerprint density at radius 2 is 2.27 bits per heavy atom. The number of rotatable bonds is 6. The Morgan fingerprint density at radius 3 is 2.91 bits per heavy atom. The van der Waals surface area contributed by atoms with E-state index in [1.54, 1.807) is 6.33 Å². The Bertz CT molecular complexity index is 716. The van der Waals surface area contributed by atoms with Crippen LogP contribution in [0.25, 0.3) is 0 Å². The van der Waals surface area contributed by atoms with Crippen LogP contribution in [0.3, 0.4) is 0 Å². The van der Waals surface area contributed by atoms with Gasteiger partial charge in [0.15, 0.2) is 0 Å². The minimum atomic E-state index is -0.483. The molecule has 0 unspecified atom stereocenters. The SMILES string of the molecule is CC(C)c1nncn1CCNc1cc([N+](=O)[O-])ccc1C#N. The van der Waals surface area contributed by atoms with E-state index in [1.807, 2.05) is 24.5 Å². The highest BCUT2D eigenvalue weighted by Gasteiger charge is 2.11. The molecule has 114 valence electrons. The fourth-order valence-corrected chi connectivity index (χ4v) is 2.08. The average Bonchev–Trinajstić information content (AvgIpc) is 2.95. The second kappa shape index (κ2) is 6.67. The molecule has 8 heteroatoms. The third-order valence-corrected chi connectivity index (χ3v) is 3.16. The lowest BCUT2D eigenvalue weighted by atomic mass is 10.1. The van der Waals surface area contributed by atoms with Crippen molar-refractivity contribution in [1.82, 2.24) is 14.8 Å². The summed E-state index contributed by atoms with van der Waals surface area (Å²) in [6.07, 6.45) is 1.65. The molecule has 1 aromatic heterocycles. The Balaban J connectivity index is 2.08. The van der Waals surface area contributed by atoms with Gasteiger partial charge in [0.2, 0.25) is 0 Å². The fourth-order valence-electron chi connectivity index (χ4n) is 2.08. The fraction of sp³-hybridized carbons (Fsp3) is 0.357. The maximum absolute atomic E-state index is 10.8. The van der Waals surface area contributed by atoms with Gasteiger partial charge in [-0.3, -0.25) is 10.1 Å². The number of nitrogens with one attached hydrogen (secondary N) is 1. The van der Waals surface area contributed by atoms with Crippen molar-refractivity contribution in [2.75, 3.05) is 11.9 Å². The lowest BCUT2D eigenvalue weighted by molar-refractivity contribution is -0.384. The van der Waals surface area contributed by atoms with Gasteiger partial charge in [-0.1, -0.05) is 13.8 Å². The molecular formula is C14H16N6O2. The lowest BCUT2D eigenvalue weighted by Crippen LogP contribution is -2.13. The summed E-state index contributed by atoms with van der Waals surface area (Å²) in [5.74, 6) is 1.14. The van der Waals surface area contributed by atoms with Gasteiger partial charge in [-0.05, 0) is 6.07 Å². The molecule has 2 rings (SSSR count). The second-order valence-electron chi connectivity index (χ2n) is 5.06. The number of non-ortho nitro benzene ring substituents is 1. The van der Waals surface area contributed by atoms with Gasteiger partial charge in [-0.15, -0.1) is 10.2 Å². The standard InChI is InChI=1S/C14H16N6O2/c1-10(2)14-18-17-9-19(14)6-5-16-13-7-12(20(21)22)4-3-11(13)8-15/h3-4,7,9-10,16H,5-6H2,1-2H3. The molecule has 0 radical (unpaired) electrons. The molecule has 1 N–H and O–H groups in total. The van der Waals surface area contributed by atoms with Crippen molar-refractivity contribution in [1.29, 1.82) is 5.26 Å². The van der Waals surface area contributed by atoms with E-state index >= 15 is 0 Å². The van der Waals surface area contributed by atoms with Crippen LogP contribution in [0, 0.1) is 21.4 Å². The first-order chi connectivity index (χ1) is 10.5. The number of nitro groups is 1. The quantitative estimate of drug-likeness (QED) is 0.647. The largest absolute Gasteiger partial charge is 0.382 e. The molecule has 0 fully saturated rings. The highest BCUT2D eigenvalue weighted by Crippen LogP contribution is 2.22. The van der Waals surface area contributed by atoms with Crippen LogP contribution in [0.1, 0.15) is 31.2 Å². The summed E-state index contributed by atoms with van der Waals surface area (Å²) in [7, 11) is 0. The predicted molar refractivity (Wildman–Crippen MR) is 80.4 cm³/mol. The van der Waals surface area contributed by atoms with Gasteiger partial charge in [0.1, 0.15) is 18.2 Å². The van der Waals surface area contributed by atoms with Crippen LogP contribution in [0.15, 0.2) is 24.5 Å². The van der Waals surface area contributed by atoms with Crippen LogP contribution < -0.4 is 5.32 Å².